The monoisotopic (exact) mass is 351 g/mol. The van der Waals surface area contributed by atoms with E-state index < -0.39 is 17.5 Å². The van der Waals surface area contributed by atoms with E-state index in [9.17, 15) is 13.6 Å². The number of hydrogen-bond donors (Lipinski definition) is 2. The first-order valence-electron chi connectivity index (χ1n) is 6.66. The van der Waals surface area contributed by atoms with E-state index in [0.29, 0.717) is 11.6 Å². The molecule has 0 bridgehead atoms. The summed E-state index contributed by atoms with van der Waals surface area (Å²) in [6.07, 6.45) is 1.47. The first kappa shape index (κ1) is 16.0. The highest BCUT2D eigenvalue weighted by Crippen LogP contribution is 2.22. The Morgan fingerprint density at radius 3 is 2.92 bits per heavy atom. The van der Waals surface area contributed by atoms with Gasteiger partial charge in [-0.25, -0.2) is 13.5 Å². The summed E-state index contributed by atoms with van der Waals surface area (Å²) in [6.45, 7) is 0. The van der Waals surface area contributed by atoms with E-state index in [0.717, 1.165) is 30.0 Å². The van der Waals surface area contributed by atoms with Crippen molar-refractivity contribution in [2.24, 2.45) is 0 Å². The van der Waals surface area contributed by atoms with Crippen molar-refractivity contribution in [1.29, 1.82) is 0 Å². The van der Waals surface area contributed by atoms with E-state index in [2.05, 4.69) is 15.5 Å². The van der Waals surface area contributed by atoms with E-state index >= 15 is 0 Å². The van der Waals surface area contributed by atoms with Gasteiger partial charge in [-0.3, -0.25) is 4.79 Å². The van der Waals surface area contributed by atoms with Gasteiger partial charge < -0.3 is 15.6 Å². The normalized spacial score (nSPS) is 10.8. The average molecular weight is 351 g/mol. The summed E-state index contributed by atoms with van der Waals surface area (Å²) in [7, 11) is 0. The van der Waals surface area contributed by atoms with Crippen molar-refractivity contribution >= 4 is 23.4 Å². The fourth-order valence-corrected chi connectivity index (χ4v) is 2.52. The largest absolute Gasteiger partial charge is 0.461 e. The molecule has 1 amide bonds. The molecule has 3 N–H and O–H groups in total. The number of furan rings is 1. The predicted molar refractivity (Wildman–Crippen MR) is 83.6 cm³/mol. The summed E-state index contributed by atoms with van der Waals surface area (Å²) in [5, 5.41) is 10.3. The fraction of sp³-hybridized carbons (Fsp3) is 0.0714. The SMILES string of the molecule is Nn1c(SCC(=O)Nc2cc(F)ccc2F)nnc1-c1ccco1. The van der Waals surface area contributed by atoms with Gasteiger partial charge in [0.25, 0.3) is 0 Å². The second-order valence-corrected chi connectivity index (χ2v) is 5.56. The number of nitrogen functional groups attached to an aromatic ring is 1. The number of hydrogen-bond acceptors (Lipinski definition) is 6. The third-order valence-corrected chi connectivity index (χ3v) is 3.88. The summed E-state index contributed by atoms with van der Waals surface area (Å²) >= 11 is 0.997. The molecule has 124 valence electrons. The van der Waals surface area contributed by atoms with Crippen LogP contribution in [0.2, 0.25) is 0 Å². The van der Waals surface area contributed by atoms with Crippen LogP contribution in [0, 0.1) is 11.6 Å². The Hall–Kier alpha value is -2.88. The first-order valence-corrected chi connectivity index (χ1v) is 7.65. The molecule has 2 aromatic heterocycles. The minimum atomic E-state index is -0.725. The first-order chi connectivity index (χ1) is 11.5. The molecule has 1 aromatic carbocycles. The van der Waals surface area contributed by atoms with Gasteiger partial charge in [-0.15, -0.1) is 10.2 Å². The number of carbonyl (C=O) groups excluding carboxylic acids is 1. The minimum Gasteiger partial charge on any atom is -0.461 e. The Bertz CT molecular complexity index is 866. The zero-order valence-electron chi connectivity index (χ0n) is 12.1. The zero-order chi connectivity index (χ0) is 17.1. The maximum atomic E-state index is 13.5. The number of anilines is 1. The van der Waals surface area contributed by atoms with Crippen molar-refractivity contribution < 1.29 is 18.0 Å². The number of benzene rings is 1. The molecule has 24 heavy (non-hydrogen) atoms. The van der Waals surface area contributed by atoms with Crippen molar-refractivity contribution in [3.8, 4) is 11.6 Å². The zero-order valence-corrected chi connectivity index (χ0v) is 12.9. The topological polar surface area (TPSA) is 99.0 Å². The highest BCUT2D eigenvalue weighted by atomic mass is 32.2. The number of halogens is 2. The van der Waals surface area contributed by atoms with Gasteiger partial charge in [0, 0.05) is 6.07 Å². The minimum absolute atomic E-state index is 0.108. The molecule has 3 aromatic rings. The van der Waals surface area contributed by atoms with Crippen LogP contribution in [-0.2, 0) is 4.79 Å². The lowest BCUT2D eigenvalue weighted by Gasteiger charge is -2.06. The quantitative estimate of drug-likeness (QED) is 0.540. The molecule has 3 rings (SSSR count). The molecule has 0 aliphatic carbocycles. The van der Waals surface area contributed by atoms with Crippen molar-refractivity contribution in [3.05, 3.63) is 48.2 Å². The Morgan fingerprint density at radius 1 is 1.33 bits per heavy atom. The number of nitrogens with zero attached hydrogens (tertiary/aromatic N) is 3. The van der Waals surface area contributed by atoms with Crippen LogP contribution in [0.3, 0.4) is 0 Å². The molecular weight excluding hydrogens is 340 g/mol. The molecule has 10 heteroatoms. The maximum Gasteiger partial charge on any atom is 0.234 e. The Morgan fingerprint density at radius 2 is 2.17 bits per heavy atom. The van der Waals surface area contributed by atoms with E-state index in [1.807, 2.05) is 0 Å². The number of nitrogens with one attached hydrogen (secondary N) is 1. The third-order valence-electron chi connectivity index (χ3n) is 2.94. The lowest BCUT2D eigenvalue weighted by molar-refractivity contribution is -0.113. The number of carbonyl (C=O) groups is 1. The average Bonchev–Trinajstić information content (AvgIpc) is 3.18. The number of thioether (sulfide) groups is 1. The highest BCUT2D eigenvalue weighted by molar-refractivity contribution is 7.99. The van der Waals surface area contributed by atoms with Crippen LogP contribution in [0.25, 0.3) is 11.6 Å². The third kappa shape index (κ3) is 3.38. The molecule has 0 aliphatic heterocycles. The maximum absolute atomic E-state index is 13.5. The van der Waals surface area contributed by atoms with Gasteiger partial charge in [0.2, 0.25) is 16.9 Å². The van der Waals surface area contributed by atoms with E-state index in [1.165, 1.54) is 10.9 Å². The van der Waals surface area contributed by atoms with Gasteiger partial charge in [0.1, 0.15) is 11.6 Å². The van der Waals surface area contributed by atoms with Crippen LogP contribution in [0.15, 0.2) is 46.2 Å². The van der Waals surface area contributed by atoms with Crippen LogP contribution < -0.4 is 11.2 Å². The second-order valence-electron chi connectivity index (χ2n) is 4.61. The molecule has 0 saturated carbocycles. The lowest BCUT2D eigenvalue weighted by atomic mass is 10.3. The van der Waals surface area contributed by atoms with Crippen LogP contribution >= 0.6 is 11.8 Å². The van der Waals surface area contributed by atoms with Gasteiger partial charge in [0.05, 0.1) is 17.7 Å². The molecule has 2 heterocycles. The van der Waals surface area contributed by atoms with E-state index in [4.69, 9.17) is 10.3 Å². The molecule has 0 unspecified atom stereocenters. The van der Waals surface area contributed by atoms with Crippen molar-refractivity contribution in [1.82, 2.24) is 14.9 Å². The molecule has 0 saturated heterocycles. The summed E-state index contributed by atoms with van der Waals surface area (Å²) in [5.74, 6) is 4.57. The molecule has 0 radical (unpaired) electrons. The van der Waals surface area contributed by atoms with Crippen LogP contribution in [0.1, 0.15) is 0 Å². The summed E-state index contributed by atoms with van der Waals surface area (Å²) in [4.78, 5) is 11.9. The van der Waals surface area contributed by atoms with Gasteiger partial charge in [-0.1, -0.05) is 11.8 Å². The summed E-state index contributed by atoms with van der Waals surface area (Å²) < 4.78 is 32.9. The standard InChI is InChI=1S/C14H11F2N5O2S/c15-8-3-4-9(16)10(6-8)18-12(22)7-24-14-20-19-13(21(14)17)11-2-1-5-23-11/h1-6H,7,17H2,(H,18,22). The van der Waals surface area contributed by atoms with Crippen molar-refractivity contribution in [2.45, 2.75) is 5.16 Å². The molecule has 0 fully saturated rings. The molecule has 0 aliphatic rings. The number of rotatable bonds is 5. The van der Waals surface area contributed by atoms with Crippen molar-refractivity contribution in [3.63, 3.8) is 0 Å². The summed E-state index contributed by atoms with van der Waals surface area (Å²) in [6, 6.07) is 6.15. The summed E-state index contributed by atoms with van der Waals surface area (Å²) in [5.41, 5.74) is -0.230. The van der Waals surface area contributed by atoms with Gasteiger partial charge in [-0.05, 0) is 24.3 Å². The molecular formula is C14H11F2N5O2S. The van der Waals surface area contributed by atoms with Gasteiger partial charge in [0.15, 0.2) is 5.76 Å². The van der Waals surface area contributed by atoms with Crippen LogP contribution in [0.4, 0.5) is 14.5 Å². The van der Waals surface area contributed by atoms with E-state index in [-0.39, 0.29) is 16.6 Å². The Balaban J connectivity index is 1.64. The van der Waals surface area contributed by atoms with Crippen LogP contribution in [0.5, 0.6) is 0 Å². The van der Waals surface area contributed by atoms with Crippen LogP contribution in [-0.4, -0.2) is 26.5 Å². The number of amides is 1. The predicted octanol–water partition coefficient (Wildman–Crippen LogP) is 2.26. The van der Waals surface area contributed by atoms with Gasteiger partial charge >= 0.3 is 0 Å². The molecule has 0 spiro atoms. The number of nitrogens with two attached hydrogens (primary N) is 1. The highest BCUT2D eigenvalue weighted by Gasteiger charge is 2.16. The molecule has 0 atom stereocenters. The van der Waals surface area contributed by atoms with E-state index in [1.54, 1.807) is 12.1 Å². The fourth-order valence-electron chi connectivity index (χ4n) is 1.86. The smallest absolute Gasteiger partial charge is 0.234 e. The Labute approximate surface area is 138 Å². The Kier molecular flexibility index (Phi) is 4.47. The number of aromatic nitrogens is 3. The second kappa shape index (κ2) is 6.71. The van der Waals surface area contributed by atoms with Crippen molar-refractivity contribution in [2.75, 3.05) is 16.9 Å². The molecule has 7 nitrogen and oxygen atoms in total. The lowest BCUT2D eigenvalue weighted by Crippen LogP contribution is -2.17. The van der Waals surface area contributed by atoms with Gasteiger partial charge in [-0.2, -0.15) is 0 Å².